The van der Waals surface area contributed by atoms with E-state index in [1.807, 2.05) is 19.2 Å². The van der Waals surface area contributed by atoms with E-state index in [0.29, 0.717) is 12.2 Å². The number of carbonyl (C=O) groups is 1. The first-order valence-corrected chi connectivity index (χ1v) is 4.72. The number of carboxylic acids is 1. The van der Waals surface area contributed by atoms with Crippen molar-refractivity contribution in [2.75, 3.05) is 0 Å². The Morgan fingerprint density at radius 1 is 1.69 bits per heavy atom. The molecular weight excluding hydrogens is 212 g/mol. The van der Waals surface area contributed by atoms with Crippen LogP contribution in [0.25, 0.3) is 0 Å². The third-order valence-corrected chi connectivity index (χ3v) is 2.11. The van der Waals surface area contributed by atoms with E-state index in [4.69, 9.17) is 5.11 Å². The highest BCUT2D eigenvalue weighted by Crippen LogP contribution is 2.10. The Morgan fingerprint density at radius 2 is 2.50 bits per heavy atom. The maximum Gasteiger partial charge on any atom is 0.394 e. The van der Waals surface area contributed by atoms with Gasteiger partial charge in [0.05, 0.1) is 6.04 Å². The Labute approximate surface area is 90.7 Å². The summed E-state index contributed by atoms with van der Waals surface area (Å²) < 4.78 is 6.30. The van der Waals surface area contributed by atoms with Crippen molar-refractivity contribution in [2.45, 2.75) is 19.4 Å². The topological polar surface area (TPSA) is 94.0 Å². The molecule has 0 fully saturated rings. The molecule has 1 unspecified atom stereocenters. The second-order valence-electron chi connectivity index (χ2n) is 3.36. The Bertz CT molecular complexity index is 477. The highest BCUT2D eigenvalue weighted by molar-refractivity contribution is 5.81. The molecule has 2 rings (SSSR count). The van der Waals surface area contributed by atoms with Crippen LogP contribution in [0.15, 0.2) is 23.0 Å². The number of aromatic nitrogens is 4. The normalized spacial score (nSPS) is 12.6. The summed E-state index contributed by atoms with van der Waals surface area (Å²) in [6.07, 6.45) is 3.97. The van der Waals surface area contributed by atoms with Crippen molar-refractivity contribution in [1.29, 1.82) is 0 Å². The van der Waals surface area contributed by atoms with Crippen molar-refractivity contribution in [3.05, 3.63) is 30.2 Å². The van der Waals surface area contributed by atoms with Crippen molar-refractivity contribution in [2.24, 2.45) is 0 Å². The lowest BCUT2D eigenvalue weighted by Gasteiger charge is -2.08. The molecule has 16 heavy (non-hydrogen) atoms. The molecule has 0 saturated carbocycles. The average Bonchev–Trinajstić information content (AvgIpc) is 2.87. The summed E-state index contributed by atoms with van der Waals surface area (Å²) in [4.78, 5) is 14.3. The summed E-state index contributed by atoms with van der Waals surface area (Å²) in [5.74, 6) is -1.24. The molecule has 1 N–H and O–H groups in total. The van der Waals surface area contributed by atoms with Crippen molar-refractivity contribution < 1.29 is 14.4 Å². The van der Waals surface area contributed by atoms with E-state index < -0.39 is 5.97 Å². The number of hydrogen-bond donors (Lipinski definition) is 1. The number of rotatable bonds is 4. The summed E-state index contributed by atoms with van der Waals surface area (Å²) in [5.41, 5.74) is 0. The first-order chi connectivity index (χ1) is 7.66. The molecule has 0 bridgehead atoms. The molecule has 0 spiro atoms. The minimum Gasteiger partial charge on any atom is -0.474 e. The molecule has 2 aromatic rings. The lowest BCUT2D eigenvalue weighted by molar-refractivity contribution is 0.0643. The fraction of sp³-hybridized carbons (Fsp3) is 0.333. The van der Waals surface area contributed by atoms with Crippen LogP contribution in [-0.2, 0) is 6.42 Å². The van der Waals surface area contributed by atoms with Crippen molar-refractivity contribution >= 4 is 5.97 Å². The van der Waals surface area contributed by atoms with E-state index in [1.165, 1.54) is 0 Å². The van der Waals surface area contributed by atoms with Crippen molar-refractivity contribution in [3.63, 3.8) is 0 Å². The Kier molecular flexibility index (Phi) is 2.67. The number of carboxylic acid groups (broad SMARTS) is 1. The number of nitrogens with zero attached hydrogens (tertiary/aromatic N) is 4. The molecule has 0 aromatic carbocycles. The predicted octanol–water partition coefficient (Wildman–Crippen LogP) is 0.768. The minimum atomic E-state index is -1.22. The van der Waals surface area contributed by atoms with E-state index in [-0.39, 0.29) is 11.9 Å². The zero-order valence-corrected chi connectivity index (χ0v) is 8.57. The van der Waals surface area contributed by atoms with E-state index >= 15 is 0 Å². The van der Waals surface area contributed by atoms with Gasteiger partial charge in [0.15, 0.2) is 5.82 Å². The smallest absolute Gasteiger partial charge is 0.394 e. The van der Waals surface area contributed by atoms with E-state index in [9.17, 15) is 4.79 Å². The molecule has 0 aliphatic heterocycles. The van der Waals surface area contributed by atoms with Crippen LogP contribution < -0.4 is 0 Å². The van der Waals surface area contributed by atoms with Gasteiger partial charge in [-0.3, -0.25) is 4.68 Å². The van der Waals surface area contributed by atoms with Gasteiger partial charge in [0.1, 0.15) is 0 Å². The molecule has 0 aliphatic rings. The molecule has 84 valence electrons. The fourth-order valence-corrected chi connectivity index (χ4v) is 1.32. The molecular formula is C9H10N4O3. The van der Waals surface area contributed by atoms with Gasteiger partial charge in [-0.15, -0.1) is 0 Å². The number of hydrogen-bond acceptors (Lipinski definition) is 5. The van der Waals surface area contributed by atoms with Gasteiger partial charge in [-0.2, -0.15) is 10.1 Å². The molecule has 1 atom stereocenters. The van der Waals surface area contributed by atoms with Gasteiger partial charge in [0, 0.05) is 18.8 Å². The lowest BCUT2D eigenvalue weighted by Crippen LogP contribution is -2.09. The maximum atomic E-state index is 10.5. The van der Waals surface area contributed by atoms with Crippen LogP contribution >= 0.6 is 0 Å². The van der Waals surface area contributed by atoms with Crippen LogP contribution in [0.4, 0.5) is 0 Å². The van der Waals surface area contributed by atoms with Crippen LogP contribution in [0.5, 0.6) is 0 Å². The zero-order valence-electron chi connectivity index (χ0n) is 8.57. The van der Waals surface area contributed by atoms with Crippen LogP contribution in [0.1, 0.15) is 29.5 Å². The van der Waals surface area contributed by atoms with Crippen molar-refractivity contribution in [3.8, 4) is 0 Å². The van der Waals surface area contributed by atoms with Gasteiger partial charge in [0.25, 0.3) is 0 Å². The van der Waals surface area contributed by atoms with Gasteiger partial charge in [-0.05, 0) is 13.0 Å². The van der Waals surface area contributed by atoms with Gasteiger partial charge >= 0.3 is 11.9 Å². The molecule has 2 aromatic heterocycles. The summed E-state index contributed by atoms with van der Waals surface area (Å²) in [6, 6.07) is 1.87. The molecule has 7 nitrogen and oxygen atoms in total. The summed E-state index contributed by atoms with van der Waals surface area (Å²) in [7, 11) is 0. The number of aromatic carboxylic acids is 1. The van der Waals surface area contributed by atoms with E-state index in [2.05, 4.69) is 19.8 Å². The zero-order chi connectivity index (χ0) is 11.5. The SMILES string of the molecule is CC(Cc1noc(C(=O)O)n1)n1cccn1. The fourth-order valence-electron chi connectivity index (χ4n) is 1.32. The molecule has 0 saturated heterocycles. The quantitative estimate of drug-likeness (QED) is 0.820. The second kappa shape index (κ2) is 4.13. The van der Waals surface area contributed by atoms with Crippen LogP contribution in [-0.4, -0.2) is 31.0 Å². The van der Waals surface area contributed by atoms with Crippen molar-refractivity contribution in [1.82, 2.24) is 19.9 Å². The van der Waals surface area contributed by atoms with Gasteiger partial charge in [-0.1, -0.05) is 5.16 Å². The minimum absolute atomic E-state index is 0.0502. The van der Waals surface area contributed by atoms with Gasteiger partial charge in [-0.25, -0.2) is 4.79 Å². The molecule has 0 radical (unpaired) electrons. The summed E-state index contributed by atoms with van der Waals surface area (Å²) in [6.45, 7) is 1.93. The van der Waals surface area contributed by atoms with Gasteiger partial charge in [0.2, 0.25) is 0 Å². The first-order valence-electron chi connectivity index (χ1n) is 4.72. The first kappa shape index (κ1) is 10.3. The molecule has 7 heteroatoms. The van der Waals surface area contributed by atoms with Crippen LogP contribution in [0.3, 0.4) is 0 Å². The molecule has 2 heterocycles. The molecule has 0 aliphatic carbocycles. The average molecular weight is 222 g/mol. The van der Waals surface area contributed by atoms with Crippen LogP contribution in [0.2, 0.25) is 0 Å². The monoisotopic (exact) mass is 222 g/mol. The Balaban J connectivity index is 2.06. The Morgan fingerprint density at radius 3 is 3.06 bits per heavy atom. The summed E-state index contributed by atoms with van der Waals surface area (Å²) >= 11 is 0. The van der Waals surface area contributed by atoms with Gasteiger partial charge < -0.3 is 9.63 Å². The standard InChI is InChI=1S/C9H10N4O3/c1-6(13-4-2-3-10-13)5-7-11-8(9(14)15)16-12-7/h2-4,6H,5H2,1H3,(H,14,15). The lowest BCUT2D eigenvalue weighted by atomic mass is 10.2. The summed E-state index contributed by atoms with van der Waals surface area (Å²) in [5, 5.41) is 16.3. The maximum absolute atomic E-state index is 10.5. The molecule has 0 amide bonds. The predicted molar refractivity (Wildman–Crippen MR) is 51.9 cm³/mol. The third-order valence-electron chi connectivity index (χ3n) is 2.11. The van der Waals surface area contributed by atoms with E-state index in [0.717, 1.165) is 0 Å². The third kappa shape index (κ3) is 2.08. The van der Waals surface area contributed by atoms with Crippen LogP contribution in [0, 0.1) is 0 Å². The Hall–Kier alpha value is -2.18. The highest BCUT2D eigenvalue weighted by atomic mass is 16.5. The second-order valence-corrected chi connectivity index (χ2v) is 3.36. The highest BCUT2D eigenvalue weighted by Gasteiger charge is 2.15. The van der Waals surface area contributed by atoms with E-state index in [1.54, 1.807) is 10.9 Å². The largest absolute Gasteiger partial charge is 0.474 e.